The summed E-state index contributed by atoms with van der Waals surface area (Å²) in [6.45, 7) is 1.70. The molecule has 0 atom stereocenters. The van der Waals surface area contributed by atoms with Crippen molar-refractivity contribution in [2.45, 2.75) is 13.3 Å². The zero-order chi connectivity index (χ0) is 10.6. The van der Waals surface area contributed by atoms with Crippen LogP contribution in [0.4, 0.5) is 0 Å². The number of halogens is 1. The van der Waals surface area contributed by atoms with E-state index < -0.39 is 0 Å². The van der Waals surface area contributed by atoms with Gasteiger partial charge in [0.15, 0.2) is 5.75 Å². The fraction of sp³-hybridized carbons (Fsp3) is 0.222. The Labute approximate surface area is 87.1 Å². The van der Waals surface area contributed by atoms with Crippen molar-refractivity contribution in [1.82, 2.24) is 5.17 Å². The van der Waals surface area contributed by atoms with Crippen LogP contribution in [-0.2, 0) is 4.79 Å². The van der Waals surface area contributed by atoms with E-state index in [0.717, 1.165) is 0 Å². The molecule has 0 aliphatic rings. The third-order valence-electron chi connectivity index (χ3n) is 1.57. The van der Waals surface area contributed by atoms with Gasteiger partial charge in [0.05, 0.1) is 0 Å². The summed E-state index contributed by atoms with van der Waals surface area (Å²) < 4.78 is 0. The molecule has 0 unspecified atom stereocenters. The maximum absolute atomic E-state index is 11.0. The molecule has 0 bridgehead atoms. The summed E-state index contributed by atoms with van der Waals surface area (Å²) in [5, 5.41) is 1.31. The number of amides is 1. The lowest BCUT2D eigenvalue weighted by molar-refractivity contribution is -0.157. The minimum Gasteiger partial charge on any atom is -0.361 e. The number of benzene rings is 1. The van der Waals surface area contributed by atoms with Crippen LogP contribution in [-0.4, -0.2) is 11.1 Å². The highest BCUT2D eigenvalue weighted by Gasteiger charge is 2.08. The fourth-order valence-electron chi connectivity index (χ4n) is 0.816. The average Bonchev–Trinajstić information content (AvgIpc) is 2.20. The number of carbonyl (C=O) groups excluding carboxylic acids is 1. The zero-order valence-electron chi connectivity index (χ0n) is 7.74. The molecular weight excluding hydrogens is 204 g/mol. The number of nitrogens with zero attached hydrogens (tertiary/aromatic N) is 1. The summed E-state index contributed by atoms with van der Waals surface area (Å²) in [5.41, 5.74) is 0. The molecule has 5 heteroatoms. The van der Waals surface area contributed by atoms with Gasteiger partial charge in [-0.3, -0.25) is 4.79 Å². The van der Waals surface area contributed by atoms with Crippen molar-refractivity contribution in [1.29, 1.82) is 0 Å². The van der Waals surface area contributed by atoms with Gasteiger partial charge in [0.1, 0.15) is 0 Å². The number of hydrazine groups is 1. The summed E-state index contributed by atoms with van der Waals surface area (Å²) in [5.74, 6) is 5.51. The van der Waals surface area contributed by atoms with Crippen LogP contribution in [0.15, 0.2) is 24.3 Å². The van der Waals surface area contributed by atoms with E-state index in [4.69, 9.17) is 22.3 Å². The van der Waals surface area contributed by atoms with Gasteiger partial charge in [0.2, 0.25) is 0 Å². The summed E-state index contributed by atoms with van der Waals surface area (Å²) in [6, 6.07) is 6.57. The van der Waals surface area contributed by atoms with Crippen LogP contribution < -0.4 is 10.7 Å². The molecule has 0 aliphatic heterocycles. The van der Waals surface area contributed by atoms with Crippen molar-refractivity contribution in [2.24, 2.45) is 5.84 Å². The topological polar surface area (TPSA) is 55.6 Å². The predicted octanol–water partition coefficient (Wildman–Crippen LogP) is 1.75. The minimum atomic E-state index is -0.292. The van der Waals surface area contributed by atoms with Gasteiger partial charge in [0.25, 0.3) is 5.91 Å². The molecule has 0 fully saturated rings. The van der Waals surface area contributed by atoms with Crippen molar-refractivity contribution in [3.05, 3.63) is 29.3 Å². The van der Waals surface area contributed by atoms with E-state index in [-0.39, 0.29) is 5.91 Å². The van der Waals surface area contributed by atoms with Gasteiger partial charge in [-0.25, -0.2) is 5.84 Å². The second-order valence-electron chi connectivity index (χ2n) is 2.62. The average molecular weight is 215 g/mol. The zero-order valence-corrected chi connectivity index (χ0v) is 8.49. The highest BCUT2D eigenvalue weighted by atomic mass is 35.5. The third-order valence-corrected chi connectivity index (χ3v) is 1.82. The van der Waals surface area contributed by atoms with E-state index in [1.807, 2.05) is 0 Å². The normalized spacial score (nSPS) is 9.64. The maximum Gasteiger partial charge on any atom is 0.272 e. The minimum absolute atomic E-state index is 0.292. The first-order valence-electron chi connectivity index (χ1n) is 4.14. The van der Waals surface area contributed by atoms with E-state index in [1.54, 1.807) is 31.2 Å². The van der Waals surface area contributed by atoms with E-state index in [1.165, 1.54) is 0 Å². The van der Waals surface area contributed by atoms with Crippen molar-refractivity contribution < 1.29 is 9.63 Å². The Morgan fingerprint density at radius 3 is 2.57 bits per heavy atom. The highest BCUT2D eigenvalue weighted by Crippen LogP contribution is 2.15. The Bertz CT molecular complexity index is 313. The summed E-state index contributed by atoms with van der Waals surface area (Å²) in [6.07, 6.45) is 0.296. The van der Waals surface area contributed by atoms with Crippen molar-refractivity contribution in [2.75, 3.05) is 0 Å². The smallest absolute Gasteiger partial charge is 0.272 e. The molecule has 0 spiro atoms. The van der Waals surface area contributed by atoms with Gasteiger partial charge < -0.3 is 4.84 Å². The van der Waals surface area contributed by atoms with E-state index in [9.17, 15) is 4.79 Å². The lowest BCUT2D eigenvalue weighted by Crippen LogP contribution is -2.39. The van der Waals surface area contributed by atoms with Crippen molar-refractivity contribution in [3.63, 3.8) is 0 Å². The molecule has 1 aromatic carbocycles. The Hall–Kier alpha value is -1.26. The number of carbonyl (C=O) groups is 1. The van der Waals surface area contributed by atoms with Crippen LogP contribution in [0.1, 0.15) is 13.3 Å². The van der Waals surface area contributed by atoms with Gasteiger partial charge in [-0.2, -0.15) is 0 Å². The second kappa shape index (κ2) is 4.83. The molecule has 0 saturated heterocycles. The molecule has 76 valence electrons. The molecule has 0 aliphatic carbocycles. The summed E-state index contributed by atoms with van der Waals surface area (Å²) >= 11 is 5.67. The van der Waals surface area contributed by atoms with Crippen molar-refractivity contribution in [3.8, 4) is 5.75 Å². The molecule has 0 heterocycles. The SMILES string of the molecule is CCC(=O)N(N)Oc1ccc(Cl)cc1. The summed E-state index contributed by atoms with van der Waals surface area (Å²) in [7, 11) is 0. The Kier molecular flexibility index (Phi) is 3.73. The Morgan fingerprint density at radius 2 is 2.07 bits per heavy atom. The molecule has 1 rings (SSSR count). The van der Waals surface area contributed by atoms with Crippen LogP contribution >= 0.6 is 11.6 Å². The second-order valence-corrected chi connectivity index (χ2v) is 3.05. The van der Waals surface area contributed by atoms with Crippen LogP contribution in [0.3, 0.4) is 0 Å². The van der Waals surface area contributed by atoms with Gasteiger partial charge in [-0.05, 0) is 24.3 Å². The van der Waals surface area contributed by atoms with E-state index in [0.29, 0.717) is 22.4 Å². The van der Waals surface area contributed by atoms with Crippen molar-refractivity contribution >= 4 is 17.5 Å². The van der Waals surface area contributed by atoms with Gasteiger partial charge in [0, 0.05) is 11.4 Å². The highest BCUT2D eigenvalue weighted by molar-refractivity contribution is 6.30. The molecule has 0 radical (unpaired) electrons. The lowest BCUT2D eigenvalue weighted by Gasteiger charge is -2.15. The number of nitrogens with two attached hydrogens (primary N) is 1. The fourth-order valence-corrected chi connectivity index (χ4v) is 0.942. The van der Waals surface area contributed by atoms with Crippen LogP contribution in [0.2, 0.25) is 5.02 Å². The first-order valence-corrected chi connectivity index (χ1v) is 4.52. The largest absolute Gasteiger partial charge is 0.361 e. The number of hydroxylamine groups is 1. The monoisotopic (exact) mass is 214 g/mol. The molecule has 14 heavy (non-hydrogen) atoms. The Morgan fingerprint density at radius 1 is 1.50 bits per heavy atom. The first-order chi connectivity index (χ1) is 6.63. The van der Waals surface area contributed by atoms with Gasteiger partial charge in [-0.1, -0.05) is 18.5 Å². The van der Waals surface area contributed by atoms with Crippen LogP contribution in [0.25, 0.3) is 0 Å². The number of hydrogen-bond acceptors (Lipinski definition) is 3. The summed E-state index contributed by atoms with van der Waals surface area (Å²) in [4.78, 5) is 16.1. The third kappa shape index (κ3) is 2.90. The molecule has 2 N–H and O–H groups in total. The molecular formula is C9H11ClN2O2. The predicted molar refractivity (Wildman–Crippen MR) is 53.4 cm³/mol. The molecule has 0 aromatic heterocycles. The number of rotatable bonds is 3. The van der Waals surface area contributed by atoms with Crippen LogP contribution in [0, 0.1) is 0 Å². The standard InChI is InChI=1S/C9H11ClN2O2/c1-2-9(13)12(11)14-8-5-3-7(10)4-6-8/h3-6H,2,11H2,1H3. The Balaban J connectivity index is 2.60. The molecule has 1 amide bonds. The van der Waals surface area contributed by atoms with E-state index in [2.05, 4.69) is 0 Å². The lowest BCUT2D eigenvalue weighted by atomic mass is 10.3. The van der Waals surface area contributed by atoms with Gasteiger partial charge in [-0.15, -0.1) is 5.17 Å². The molecule has 0 saturated carbocycles. The maximum atomic E-state index is 11.0. The molecule has 4 nitrogen and oxygen atoms in total. The van der Waals surface area contributed by atoms with E-state index >= 15 is 0 Å². The van der Waals surface area contributed by atoms with Gasteiger partial charge >= 0.3 is 0 Å². The number of hydrogen-bond donors (Lipinski definition) is 1. The quantitative estimate of drug-likeness (QED) is 0.474. The first kappa shape index (κ1) is 10.8. The van der Waals surface area contributed by atoms with Crippen LogP contribution in [0.5, 0.6) is 5.75 Å². The molecule has 1 aromatic rings.